The van der Waals surface area contributed by atoms with Gasteiger partial charge in [-0.25, -0.2) is 0 Å². The van der Waals surface area contributed by atoms with E-state index in [-0.39, 0.29) is 29.6 Å². The molecule has 1 rings (SSSR count). The van der Waals surface area contributed by atoms with Crippen molar-refractivity contribution < 1.29 is 14.3 Å². The van der Waals surface area contributed by atoms with E-state index in [0.717, 1.165) is 11.5 Å². The van der Waals surface area contributed by atoms with E-state index in [4.69, 9.17) is 9.52 Å². The number of thioether (sulfide) groups is 1. The molecule has 0 aliphatic rings. The van der Waals surface area contributed by atoms with Crippen molar-refractivity contribution in [3.8, 4) is 0 Å². The highest BCUT2D eigenvalue weighted by Gasteiger charge is 2.23. The average Bonchev–Trinajstić information content (AvgIpc) is 2.88. The Hall–Kier alpha value is -0.940. The van der Waals surface area contributed by atoms with Gasteiger partial charge in [-0.05, 0) is 29.7 Å². The monoisotopic (exact) mass is 285 g/mol. The summed E-state index contributed by atoms with van der Waals surface area (Å²) in [7, 11) is 0. The molecule has 0 spiro atoms. The van der Waals surface area contributed by atoms with Crippen molar-refractivity contribution in [1.82, 2.24) is 5.32 Å². The Bertz CT molecular complexity index is 365. The summed E-state index contributed by atoms with van der Waals surface area (Å²) in [6.07, 6.45) is 1.60. The highest BCUT2D eigenvalue weighted by Crippen LogP contribution is 2.22. The van der Waals surface area contributed by atoms with Gasteiger partial charge in [0.15, 0.2) is 0 Å². The summed E-state index contributed by atoms with van der Waals surface area (Å²) >= 11 is 1.60. The maximum absolute atomic E-state index is 12.1. The lowest BCUT2D eigenvalue weighted by molar-refractivity contribution is -0.121. The maximum atomic E-state index is 12.1. The van der Waals surface area contributed by atoms with E-state index in [2.05, 4.69) is 5.32 Å². The topological polar surface area (TPSA) is 62.5 Å². The first-order chi connectivity index (χ1) is 9.04. The second-order valence-corrected chi connectivity index (χ2v) is 6.26. The zero-order valence-corrected chi connectivity index (χ0v) is 12.6. The summed E-state index contributed by atoms with van der Waals surface area (Å²) in [6, 6.07) is 3.64. The van der Waals surface area contributed by atoms with Crippen LogP contribution in [0.5, 0.6) is 0 Å². The smallest absolute Gasteiger partial charge is 0.233 e. The zero-order valence-electron chi connectivity index (χ0n) is 11.8. The number of rotatable bonds is 8. The molecule has 19 heavy (non-hydrogen) atoms. The molecule has 1 heterocycles. The fraction of sp³-hybridized carbons (Fsp3) is 0.643. The van der Waals surface area contributed by atoms with Crippen LogP contribution < -0.4 is 5.32 Å². The van der Waals surface area contributed by atoms with E-state index in [0.29, 0.717) is 6.54 Å². The van der Waals surface area contributed by atoms with Crippen molar-refractivity contribution in [2.45, 2.75) is 32.6 Å². The first kappa shape index (κ1) is 16.1. The van der Waals surface area contributed by atoms with Gasteiger partial charge in [0.2, 0.25) is 5.91 Å². The molecule has 108 valence electrons. The minimum Gasteiger partial charge on any atom is -0.467 e. The SMILES string of the molecule is CC(CO)CSC(C(=O)NCc1ccco1)C(C)C. The molecule has 4 nitrogen and oxygen atoms in total. The first-order valence-electron chi connectivity index (χ1n) is 6.57. The Balaban J connectivity index is 2.43. The molecule has 1 amide bonds. The van der Waals surface area contributed by atoms with Gasteiger partial charge in [0.25, 0.3) is 0 Å². The predicted molar refractivity (Wildman–Crippen MR) is 77.9 cm³/mol. The van der Waals surface area contributed by atoms with E-state index in [1.165, 1.54) is 0 Å². The number of carbonyl (C=O) groups excluding carboxylic acids is 1. The van der Waals surface area contributed by atoms with Crippen LogP contribution in [0.4, 0.5) is 0 Å². The van der Waals surface area contributed by atoms with Crippen molar-refractivity contribution in [1.29, 1.82) is 0 Å². The number of furan rings is 1. The third-order valence-electron chi connectivity index (χ3n) is 2.75. The van der Waals surface area contributed by atoms with E-state index < -0.39 is 0 Å². The van der Waals surface area contributed by atoms with Gasteiger partial charge in [-0.15, -0.1) is 11.8 Å². The molecule has 0 aromatic carbocycles. The van der Waals surface area contributed by atoms with Crippen LogP contribution in [0.3, 0.4) is 0 Å². The fourth-order valence-corrected chi connectivity index (χ4v) is 2.84. The average molecular weight is 285 g/mol. The van der Waals surface area contributed by atoms with Gasteiger partial charge in [-0.3, -0.25) is 4.79 Å². The van der Waals surface area contributed by atoms with Gasteiger partial charge in [-0.2, -0.15) is 0 Å². The van der Waals surface area contributed by atoms with Gasteiger partial charge in [0.1, 0.15) is 5.76 Å². The molecule has 2 atom stereocenters. The lowest BCUT2D eigenvalue weighted by Gasteiger charge is -2.21. The molecule has 0 bridgehead atoms. The normalized spacial score (nSPS) is 14.4. The van der Waals surface area contributed by atoms with Crippen LogP contribution in [0.15, 0.2) is 22.8 Å². The number of carbonyl (C=O) groups is 1. The molecular formula is C14H23NO3S. The zero-order chi connectivity index (χ0) is 14.3. The highest BCUT2D eigenvalue weighted by atomic mass is 32.2. The van der Waals surface area contributed by atoms with Crippen LogP contribution in [0.1, 0.15) is 26.5 Å². The Morgan fingerprint density at radius 3 is 2.74 bits per heavy atom. The lowest BCUT2D eigenvalue weighted by Crippen LogP contribution is -2.36. The largest absolute Gasteiger partial charge is 0.467 e. The Kier molecular flexibility index (Phi) is 7.02. The second-order valence-electron chi connectivity index (χ2n) is 5.08. The molecule has 2 N–H and O–H groups in total. The van der Waals surface area contributed by atoms with Crippen molar-refractivity contribution in [2.75, 3.05) is 12.4 Å². The summed E-state index contributed by atoms with van der Waals surface area (Å²) in [5, 5.41) is 11.8. The summed E-state index contributed by atoms with van der Waals surface area (Å²) in [6.45, 7) is 6.63. The first-order valence-corrected chi connectivity index (χ1v) is 7.62. The summed E-state index contributed by atoms with van der Waals surface area (Å²) < 4.78 is 5.19. The van der Waals surface area contributed by atoms with Crippen LogP contribution in [-0.4, -0.2) is 28.6 Å². The van der Waals surface area contributed by atoms with Crippen molar-refractivity contribution >= 4 is 17.7 Å². The number of amides is 1. The van der Waals surface area contributed by atoms with E-state index in [9.17, 15) is 4.79 Å². The number of aliphatic hydroxyl groups is 1. The van der Waals surface area contributed by atoms with Crippen LogP contribution >= 0.6 is 11.8 Å². The van der Waals surface area contributed by atoms with Gasteiger partial charge < -0.3 is 14.8 Å². The van der Waals surface area contributed by atoms with Crippen LogP contribution in [0, 0.1) is 11.8 Å². The molecule has 0 radical (unpaired) electrons. The molecule has 1 aromatic heterocycles. The predicted octanol–water partition coefficient (Wildman–Crippen LogP) is 2.28. The molecule has 5 heteroatoms. The number of hydrogen-bond acceptors (Lipinski definition) is 4. The van der Waals surface area contributed by atoms with Crippen molar-refractivity contribution in [3.05, 3.63) is 24.2 Å². The lowest BCUT2D eigenvalue weighted by atomic mass is 10.1. The van der Waals surface area contributed by atoms with Gasteiger partial charge >= 0.3 is 0 Å². The van der Waals surface area contributed by atoms with Crippen LogP contribution in [0.25, 0.3) is 0 Å². The molecule has 0 saturated carbocycles. The number of nitrogens with one attached hydrogen (secondary N) is 1. The van der Waals surface area contributed by atoms with E-state index in [1.54, 1.807) is 24.1 Å². The maximum Gasteiger partial charge on any atom is 0.233 e. The Morgan fingerprint density at radius 2 is 2.21 bits per heavy atom. The third-order valence-corrected chi connectivity index (χ3v) is 4.63. The standard InChI is InChI=1S/C14H23NO3S/c1-10(2)13(19-9-11(3)8-16)14(17)15-7-12-5-4-6-18-12/h4-6,10-11,13,16H,7-9H2,1-3H3,(H,15,17). The molecule has 0 aliphatic carbocycles. The van der Waals surface area contributed by atoms with Gasteiger partial charge in [0.05, 0.1) is 18.1 Å². The third kappa shape index (κ3) is 5.70. The summed E-state index contributed by atoms with van der Waals surface area (Å²) in [4.78, 5) is 12.1. The van der Waals surface area contributed by atoms with Crippen molar-refractivity contribution in [2.24, 2.45) is 11.8 Å². The molecule has 0 fully saturated rings. The van der Waals surface area contributed by atoms with Crippen LogP contribution in [0.2, 0.25) is 0 Å². The molecular weight excluding hydrogens is 262 g/mol. The highest BCUT2D eigenvalue weighted by molar-refractivity contribution is 8.00. The fourth-order valence-electron chi connectivity index (χ4n) is 1.58. The second kappa shape index (κ2) is 8.27. The van der Waals surface area contributed by atoms with E-state index in [1.807, 2.05) is 26.8 Å². The van der Waals surface area contributed by atoms with Crippen molar-refractivity contribution in [3.63, 3.8) is 0 Å². The number of aliphatic hydroxyl groups excluding tert-OH is 1. The number of hydrogen-bond donors (Lipinski definition) is 2. The van der Waals surface area contributed by atoms with Gasteiger partial charge in [0, 0.05) is 6.61 Å². The van der Waals surface area contributed by atoms with E-state index >= 15 is 0 Å². The Morgan fingerprint density at radius 1 is 1.47 bits per heavy atom. The van der Waals surface area contributed by atoms with Crippen LogP contribution in [-0.2, 0) is 11.3 Å². The summed E-state index contributed by atoms with van der Waals surface area (Å²) in [5.74, 6) is 2.04. The molecule has 0 aliphatic heterocycles. The summed E-state index contributed by atoms with van der Waals surface area (Å²) in [5.41, 5.74) is 0. The van der Waals surface area contributed by atoms with Gasteiger partial charge in [-0.1, -0.05) is 20.8 Å². The molecule has 2 unspecified atom stereocenters. The minimum absolute atomic E-state index is 0.0292. The Labute approximate surface area is 119 Å². The minimum atomic E-state index is -0.0936. The molecule has 1 aromatic rings. The quantitative estimate of drug-likeness (QED) is 0.769. The molecule has 0 saturated heterocycles.